The van der Waals surface area contributed by atoms with Crippen molar-refractivity contribution in [3.8, 4) is 6.07 Å². The van der Waals surface area contributed by atoms with Crippen molar-refractivity contribution in [2.24, 2.45) is 0 Å². The number of benzene rings is 2. The lowest BCUT2D eigenvalue weighted by Gasteiger charge is -2.15. The molecule has 0 spiro atoms. The Balaban J connectivity index is 2.00. The molecule has 0 fully saturated rings. The third kappa shape index (κ3) is 3.87. The topological polar surface area (TPSA) is 35.8 Å². The number of nitrogens with zero attached hydrogens (tertiary/aromatic N) is 1. The summed E-state index contributed by atoms with van der Waals surface area (Å²) in [6.45, 7) is 2.35. The Morgan fingerprint density at radius 3 is 2.43 bits per heavy atom. The van der Waals surface area contributed by atoms with E-state index >= 15 is 0 Å². The number of halogens is 2. The molecule has 1 N–H and O–H groups in total. The number of hydrogen-bond acceptors (Lipinski definition) is 2. The number of rotatable bonds is 5. The standard InChI is InChI=1S/C17H16F2N2/c1-12(9-15-16(18)7-4-8-17(15)19)21-11-14-6-3-2-5-13(14)10-20/h2-8,12,21H,9,11H2,1H3. The van der Waals surface area contributed by atoms with Crippen LogP contribution in [0.4, 0.5) is 8.78 Å². The highest BCUT2D eigenvalue weighted by Crippen LogP contribution is 2.14. The van der Waals surface area contributed by atoms with Gasteiger partial charge in [-0.05, 0) is 37.1 Å². The fraction of sp³-hybridized carbons (Fsp3) is 0.235. The Morgan fingerprint density at radius 2 is 1.76 bits per heavy atom. The van der Waals surface area contributed by atoms with Crippen molar-refractivity contribution in [1.82, 2.24) is 5.32 Å². The van der Waals surface area contributed by atoms with E-state index in [9.17, 15) is 8.78 Å². The van der Waals surface area contributed by atoms with Crippen LogP contribution in [-0.2, 0) is 13.0 Å². The lowest BCUT2D eigenvalue weighted by molar-refractivity contribution is 0.499. The summed E-state index contributed by atoms with van der Waals surface area (Å²) in [5, 5.41) is 12.2. The maximum Gasteiger partial charge on any atom is 0.129 e. The molecule has 0 aliphatic rings. The molecule has 2 rings (SSSR count). The molecule has 0 aliphatic heterocycles. The molecule has 0 saturated heterocycles. The maximum atomic E-state index is 13.6. The van der Waals surface area contributed by atoms with Crippen molar-refractivity contribution in [2.75, 3.05) is 0 Å². The SMILES string of the molecule is CC(Cc1c(F)cccc1F)NCc1ccccc1C#N. The highest BCUT2D eigenvalue weighted by Gasteiger charge is 2.12. The molecule has 2 aromatic carbocycles. The van der Waals surface area contributed by atoms with Crippen LogP contribution in [0.3, 0.4) is 0 Å². The van der Waals surface area contributed by atoms with E-state index in [0.29, 0.717) is 12.1 Å². The molecule has 2 nitrogen and oxygen atoms in total. The average molecular weight is 286 g/mol. The van der Waals surface area contributed by atoms with Crippen LogP contribution in [0.2, 0.25) is 0 Å². The third-order valence-electron chi connectivity index (χ3n) is 3.35. The van der Waals surface area contributed by atoms with Crippen LogP contribution in [0.25, 0.3) is 0 Å². The number of nitrogens with one attached hydrogen (secondary N) is 1. The molecule has 0 amide bonds. The molecule has 108 valence electrons. The van der Waals surface area contributed by atoms with Crippen LogP contribution < -0.4 is 5.32 Å². The summed E-state index contributed by atoms with van der Waals surface area (Å²) in [5.41, 5.74) is 1.57. The minimum Gasteiger partial charge on any atom is -0.310 e. The van der Waals surface area contributed by atoms with Gasteiger partial charge in [-0.25, -0.2) is 8.78 Å². The molecule has 0 aromatic heterocycles. The molecule has 0 radical (unpaired) electrons. The summed E-state index contributed by atoms with van der Waals surface area (Å²) in [6, 6.07) is 13.2. The Hall–Kier alpha value is -2.25. The van der Waals surface area contributed by atoms with Crippen molar-refractivity contribution in [3.63, 3.8) is 0 Å². The second kappa shape index (κ2) is 6.96. The first-order valence-electron chi connectivity index (χ1n) is 6.76. The highest BCUT2D eigenvalue weighted by molar-refractivity contribution is 5.37. The van der Waals surface area contributed by atoms with E-state index in [1.165, 1.54) is 18.2 Å². The first kappa shape index (κ1) is 15.1. The fourth-order valence-electron chi connectivity index (χ4n) is 2.17. The molecular formula is C17H16F2N2. The van der Waals surface area contributed by atoms with Gasteiger partial charge in [0.25, 0.3) is 0 Å². The van der Waals surface area contributed by atoms with E-state index in [2.05, 4.69) is 11.4 Å². The van der Waals surface area contributed by atoms with Gasteiger partial charge in [-0.15, -0.1) is 0 Å². The summed E-state index contributed by atoms with van der Waals surface area (Å²) in [4.78, 5) is 0. The van der Waals surface area contributed by atoms with Crippen molar-refractivity contribution >= 4 is 0 Å². The number of hydrogen-bond donors (Lipinski definition) is 1. The lowest BCUT2D eigenvalue weighted by atomic mass is 10.0. The first-order chi connectivity index (χ1) is 10.1. The summed E-state index contributed by atoms with van der Waals surface area (Å²) in [5.74, 6) is -1.05. The van der Waals surface area contributed by atoms with Gasteiger partial charge in [-0.3, -0.25) is 0 Å². The summed E-state index contributed by atoms with van der Waals surface area (Å²) in [7, 11) is 0. The van der Waals surface area contributed by atoms with Gasteiger partial charge >= 0.3 is 0 Å². The van der Waals surface area contributed by atoms with E-state index in [1.807, 2.05) is 19.1 Å². The van der Waals surface area contributed by atoms with Gasteiger partial charge in [0.1, 0.15) is 11.6 Å². The van der Waals surface area contributed by atoms with Gasteiger partial charge in [-0.1, -0.05) is 24.3 Å². The molecule has 1 unspecified atom stereocenters. The Bertz CT molecular complexity index is 642. The molecular weight excluding hydrogens is 270 g/mol. The second-order valence-corrected chi connectivity index (χ2v) is 4.96. The molecule has 0 heterocycles. The van der Waals surface area contributed by atoms with Crippen molar-refractivity contribution < 1.29 is 8.78 Å². The zero-order valence-electron chi connectivity index (χ0n) is 11.7. The largest absolute Gasteiger partial charge is 0.310 e. The van der Waals surface area contributed by atoms with Crippen LogP contribution in [0.1, 0.15) is 23.6 Å². The highest BCUT2D eigenvalue weighted by atomic mass is 19.1. The van der Waals surface area contributed by atoms with E-state index in [-0.39, 0.29) is 18.0 Å². The summed E-state index contributed by atoms with van der Waals surface area (Å²) < 4.78 is 27.2. The van der Waals surface area contributed by atoms with Crippen molar-refractivity contribution in [2.45, 2.75) is 25.9 Å². The Morgan fingerprint density at radius 1 is 1.10 bits per heavy atom. The first-order valence-corrected chi connectivity index (χ1v) is 6.76. The maximum absolute atomic E-state index is 13.6. The van der Waals surface area contributed by atoms with Crippen LogP contribution in [0.15, 0.2) is 42.5 Å². The summed E-state index contributed by atoms with van der Waals surface area (Å²) in [6.07, 6.45) is 0.257. The van der Waals surface area contributed by atoms with Gasteiger partial charge in [0.2, 0.25) is 0 Å². The molecule has 0 bridgehead atoms. The van der Waals surface area contributed by atoms with Crippen molar-refractivity contribution in [3.05, 3.63) is 70.8 Å². The average Bonchev–Trinajstić information content (AvgIpc) is 2.49. The fourth-order valence-corrected chi connectivity index (χ4v) is 2.17. The normalized spacial score (nSPS) is 11.9. The van der Waals surface area contributed by atoms with Crippen LogP contribution in [-0.4, -0.2) is 6.04 Å². The molecule has 0 aliphatic carbocycles. The van der Waals surface area contributed by atoms with Gasteiger partial charge in [0.05, 0.1) is 11.6 Å². The van der Waals surface area contributed by atoms with E-state index < -0.39 is 11.6 Å². The van der Waals surface area contributed by atoms with Crippen LogP contribution >= 0.6 is 0 Å². The molecule has 2 aromatic rings. The van der Waals surface area contributed by atoms with Gasteiger partial charge in [0.15, 0.2) is 0 Å². The predicted molar refractivity (Wildman–Crippen MR) is 77.5 cm³/mol. The molecule has 0 saturated carbocycles. The van der Waals surface area contributed by atoms with Gasteiger partial charge < -0.3 is 5.32 Å². The zero-order chi connectivity index (χ0) is 15.2. The second-order valence-electron chi connectivity index (χ2n) is 4.96. The molecule has 21 heavy (non-hydrogen) atoms. The van der Waals surface area contributed by atoms with Crippen LogP contribution in [0.5, 0.6) is 0 Å². The van der Waals surface area contributed by atoms with E-state index in [1.54, 1.807) is 12.1 Å². The monoisotopic (exact) mass is 286 g/mol. The van der Waals surface area contributed by atoms with Crippen LogP contribution in [0, 0.1) is 23.0 Å². The predicted octanol–water partition coefficient (Wildman–Crippen LogP) is 3.56. The Kier molecular flexibility index (Phi) is 5.02. The third-order valence-corrected chi connectivity index (χ3v) is 3.35. The Labute approximate surface area is 123 Å². The van der Waals surface area contributed by atoms with E-state index in [0.717, 1.165) is 5.56 Å². The van der Waals surface area contributed by atoms with Gasteiger partial charge in [0, 0.05) is 18.2 Å². The molecule has 4 heteroatoms. The minimum atomic E-state index is -0.527. The van der Waals surface area contributed by atoms with Crippen molar-refractivity contribution in [1.29, 1.82) is 5.26 Å². The summed E-state index contributed by atoms with van der Waals surface area (Å²) >= 11 is 0. The molecule has 1 atom stereocenters. The smallest absolute Gasteiger partial charge is 0.129 e. The van der Waals surface area contributed by atoms with E-state index in [4.69, 9.17) is 5.26 Å². The minimum absolute atomic E-state index is 0.0890. The zero-order valence-corrected chi connectivity index (χ0v) is 11.7. The quantitative estimate of drug-likeness (QED) is 0.912. The van der Waals surface area contributed by atoms with Gasteiger partial charge in [-0.2, -0.15) is 5.26 Å². The number of nitriles is 1. The lowest BCUT2D eigenvalue weighted by Crippen LogP contribution is -2.28.